The molecule has 0 radical (unpaired) electrons. The van der Waals surface area contributed by atoms with Gasteiger partial charge in [0.15, 0.2) is 5.78 Å². The second kappa shape index (κ2) is 9.55. The molecule has 0 bridgehead atoms. The zero-order chi connectivity index (χ0) is 19.9. The monoisotopic (exact) mass is 397 g/mol. The number of rotatable bonds is 9. The molecule has 2 N–H and O–H groups in total. The van der Waals surface area contributed by atoms with Gasteiger partial charge in [0.05, 0.1) is 5.75 Å². The molecule has 0 saturated heterocycles. The molecule has 0 saturated carbocycles. The highest BCUT2D eigenvalue weighted by Crippen LogP contribution is 2.23. The smallest absolute Gasteiger partial charge is 0.313 e. The highest BCUT2D eigenvalue weighted by Gasteiger charge is 2.15. The number of carbonyl (C=O) groups is 3. The second-order valence-electron chi connectivity index (χ2n) is 6.90. The molecule has 1 aliphatic rings. The molecule has 0 fully saturated rings. The van der Waals surface area contributed by atoms with E-state index in [1.165, 1.54) is 22.9 Å². The summed E-state index contributed by atoms with van der Waals surface area (Å²) < 4.78 is 0. The van der Waals surface area contributed by atoms with Crippen LogP contribution in [0.1, 0.15) is 46.3 Å². The molecule has 2 aromatic carbocycles. The third-order valence-electron chi connectivity index (χ3n) is 4.70. The fraction of sp³-hybridized carbons (Fsp3) is 0.318. The van der Waals surface area contributed by atoms with Gasteiger partial charge in [0.25, 0.3) is 0 Å². The number of hydrogen-bond donors (Lipinski definition) is 2. The number of Topliss-reactive ketones (excluding diaryl/α,β-unsaturated/α-hetero) is 1. The Kier molecular flexibility index (Phi) is 6.87. The van der Waals surface area contributed by atoms with Gasteiger partial charge in [-0.1, -0.05) is 24.3 Å². The van der Waals surface area contributed by atoms with Crippen LogP contribution in [0.5, 0.6) is 0 Å². The molecule has 28 heavy (non-hydrogen) atoms. The predicted octanol–water partition coefficient (Wildman–Crippen LogP) is 4.09. The summed E-state index contributed by atoms with van der Waals surface area (Å²) in [6.45, 7) is 0. The maximum Gasteiger partial charge on any atom is 0.313 e. The molecule has 146 valence electrons. The topological polar surface area (TPSA) is 83.5 Å². The van der Waals surface area contributed by atoms with E-state index in [9.17, 15) is 14.4 Å². The number of fused-ring (bicyclic) bond motifs is 1. The van der Waals surface area contributed by atoms with Crippen LogP contribution in [0.3, 0.4) is 0 Å². The molecule has 0 atom stereocenters. The van der Waals surface area contributed by atoms with Crippen molar-refractivity contribution in [2.24, 2.45) is 0 Å². The molecule has 3 rings (SSSR count). The van der Waals surface area contributed by atoms with Gasteiger partial charge in [-0.25, -0.2) is 0 Å². The number of aliphatic carboxylic acids is 1. The number of benzene rings is 2. The van der Waals surface area contributed by atoms with Crippen molar-refractivity contribution in [2.75, 3.05) is 11.1 Å². The fourth-order valence-electron chi connectivity index (χ4n) is 3.34. The molecule has 1 aliphatic carbocycles. The summed E-state index contributed by atoms with van der Waals surface area (Å²) in [5.41, 5.74) is 4.87. The van der Waals surface area contributed by atoms with E-state index in [1.54, 1.807) is 6.07 Å². The van der Waals surface area contributed by atoms with Crippen molar-refractivity contribution in [3.8, 4) is 0 Å². The van der Waals surface area contributed by atoms with E-state index >= 15 is 0 Å². The van der Waals surface area contributed by atoms with Crippen molar-refractivity contribution in [3.05, 3.63) is 64.7 Å². The van der Waals surface area contributed by atoms with Crippen LogP contribution in [0.2, 0.25) is 0 Å². The molecular formula is C22H23NO4S. The van der Waals surface area contributed by atoms with Gasteiger partial charge in [-0.15, -0.1) is 11.8 Å². The first kappa shape index (κ1) is 20.1. The number of carboxylic acid groups (broad SMARTS) is 1. The van der Waals surface area contributed by atoms with Crippen molar-refractivity contribution < 1.29 is 19.5 Å². The fourth-order valence-corrected chi connectivity index (χ4v) is 4.03. The summed E-state index contributed by atoms with van der Waals surface area (Å²) in [6.07, 6.45) is 3.56. The lowest BCUT2D eigenvalue weighted by Gasteiger charge is -2.08. The first-order valence-electron chi connectivity index (χ1n) is 9.34. The summed E-state index contributed by atoms with van der Waals surface area (Å²) >= 11 is 1.31. The number of carbonyl (C=O) groups excluding carboxylic acids is 2. The van der Waals surface area contributed by atoms with E-state index in [1.807, 2.05) is 36.4 Å². The molecule has 0 heterocycles. The third kappa shape index (κ3) is 5.70. The van der Waals surface area contributed by atoms with Crippen LogP contribution >= 0.6 is 11.8 Å². The van der Waals surface area contributed by atoms with Crippen LogP contribution in [0.25, 0.3) is 0 Å². The average Bonchev–Trinajstić information content (AvgIpc) is 3.14. The zero-order valence-electron chi connectivity index (χ0n) is 15.6. The van der Waals surface area contributed by atoms with Crippen molar-refractivity contribution >= 4 is 35.1 Å². The van der Waals surface area contributed by atoms with Gasteiger partial charge in [-0.2, -0.15) is 0 Å². The first-order valence-corrected chi connectivity index (χ1v) is 10.5. The van der Waals surface area contributed by atoms with E-state index in [-0.39, 0.29) is 30.3 Å². The van der Waals surface area contributed by atoms with Crippen LogP contribution in [0, 0.1) is 0 Å². The van der Waals surface area contributed by atoms with Gasteiger partial charge in [0, 0.05) is 29.8 Å². The Morgan fingerprint density at radius 2 is 1.82 bits per heavy atom. The normalized spacial score (nSPS) is 12.4. The number of aryl methyl sites for hydroxylation is 2. The number of amides is 1. The zero-order valence-corrected chi connectivity index (χ0v) is 16.4. The van der Waals surface area contributed by atoms with Gasteiger partial charge in [0.2, 0.25) is 5.91 Å². The number of anilines is 1. The Labute approximate surface area is 168 Å². The minimum atomic E-state index is -0.845. The quantitative estimate of drug-likeness (QED) is 0.623. The molecule has 0 unspecified atom stereocenters. The van der Waals surface area contributed by atoms with Crippen LogP contribution in [-0.2, 0) is 28.2 Å². The average molecular weight is 397 g/mol. The molecular weight excluding hydrogens is 374 g/mol. The SMILES string of the molecule is O=C(O)CSCc1cccc(NC(=O)CCC(=O)c2ccc3c(c2)CCC3)c1. The van der Waals surface area contributed by atoms with E-state index in [4.69, 9.17) is 5.11 Å². The summed E-state index contributed by atoms with van der Waals surface area (Å²) in [5, 5.41) is 11.5. The Morgan fingerprint density at radius 3 is 2.64 bits per heavy atom. The van der Waals surface area contributed by atoms with Crippen LogP contribution in [-0.4, -0.2) is 28.5 Å². The van der Waals surface area contributed by atoms with Gasteiger partial charge < -0.3 is 10.4 Å². The molecule has 0 aliphatic heterocycles. The van der Waals surface area contributed by atoms with Crippen molar-refractivity contribution in [3.63, 3.8) is 0 Å². The van der Waals surface area contributed by atoms with Gasteiger partial charge in [-0.3, -0.25) is 14.4 Å². The van der Waals surface area contributed by atoms with Gasteiger partial charge in [-0.05, 0) is 54.2 Å². The first-order chi connectivity index (χ1) is 13.5. The Morgan fingerprint density at radius 1 is 1.00 bits per heavy atom. The van der Waals surface area contributed by atoms with Gasteiger partial charge in [0.1, 0.15) is 0 Å². The molecule has 0 spiro atoms. The number of thioether (sulfide) groups is 1. The van der Waals surface area contributed by atoms with Crippen LogP contribution < -0.4 is 5.32 Å². The minimum Gasteiger partial charge on any atom is -0.481 e. The maximum absolute atomic E-state index is 12.4. The highest BCUT2D eigenvalue weighted by molar-refractivity contribution is 7.99. The molecule has 5 nitrogen and oxygen atoms in total. The Hall–Kier alpha value is -2.60. The second-order valence-corrected chi connectivity index (χ2v) is 7.88. The predicted molar refractivity (Wildman–Crippen MR) is 111 cm³/mol. The van der Waals surface area contributed by atoms with E-state index in [0.717, 1.165) is 24.8 Å². The standard InChI is InChI=1S/C22H23NO4S/c24-20(18-8-7-16-4-2-5-17(16)12-18)9-10-21(25)23-19-6-1-3-15(11-19)13-28-14-22(26)27/h1,3,6-8,11-12H,2,4-5,9-10,13-14H2,(H,23,25)(H,26,27). The third-order valence-corrected chi connectivity index (χ3v) is 5.69. The summed E-state index contributed by atoms with van der Waals surface area (Å²) in [7, 11) is 0. The number of nitrogens with one attached hydrogen (secondary N) is 1. The van der Waals surface area contributed by atoms with E-state index in [2.05, 4.69) is 5.32 Å². The molecule has 0 aromatic heterocycles. The van der Waals surface area contributed by atoms with E-state index in [0.29, 0.717) is 17.0 Å². The lowest BCUT2D eigenvalue weighted by atomic mass is 10.0. The van der Waals surface area contributed by atoms with Crippen LogP contribution in [0.15, 0.2) is 42.5 Å². The Balaban J connectivity index is 1.49. The molecule has 6 heteroatoms. The minimum absolute atomic E-state index is 0.0105. The lowest BCUT2D eigenvalue weighted by Crippen LogP contribution is -2.13. The molecule has 1 amide bonds. The van der Waals surface area contributed by atoms with Crippen molar-refractivity contribution in [1.82, 2.24) is 0 Å². The Bertz CT molecular complexity index is 894. The number of ketones is 1. The maximum atomic E-state index is 12.4. The highest BCUT2D eigenvalue weighted by atomic mass is 32.2. The van der Waals surface area contributed by atoms with E-state index < -0.39 is 5.97 Å². The van der Waals surface area contributed by atoms with Crippen molar-refractivity contribution in [2.45, 2.75) is 37.9 Å². The summed E-state index contributed by atoms with van der Waals surface area (Å²) in [4.78, 5) is 35.2. The van der Waals surface area contributed by atoms with Crippen molar-refractivity contribution in [1.29, 1.82) is 0 Å². The number of carboxylic acids is 1. The summed E-state index contributed by atoms with van der Waals surface area (Å²) in [5.74, 6) is -0.454. The summed E-state index contributed by atoms with van der Waals surface area (Å²) in [6, 6.07) is 13.2. The van der Waals surface area contributed by atoms with Gasteiger partial charge >= 0.3 is 5.97 Å². The molecule has 2 aromatic rings. The van der Waals surface area contributed by atoms with Crippen LogP contribution in [0.4, 0.5) is 5.69 Å². The lowest BCUT2D eigenvalue weighted by molar-refractivity contribution is -0.133. The largest absolute Gasteiger partial charge is 0.481 e. The number of hydrogen-bond acceptors (Lipinski definition) is 4.